The van der Waals surface area contributed by atoms with Gasteiger partial charge in [-0.05, 0) is 78.8 Å². The molecule has 0 spiro atoms. The molecule has 0 unspecified atom stereocenters. The molecule has 0 amide bonds. The number of fused-ring (bicyclic) bond motifs is 2. The van der Waals surface area contributed by atoms with Crippen LogP contribution in [0.4, 0.5) is 10.2 Å². The van der Waals surface area contributed by atoms with Gasteiger partial charge in [0.2, 0.25) is 0 Å². The Bertz CT molecular complexity index is 1710. The highest BCUT2D eigenvalue weighted by molar-refractivity contribution is 5.79. The highest BCUT2D eigenvalue weighted by Crippen LogP contribution is 2.44. The monoisotopic (exact) mass is 540 g/mol. The van der Waals surface area contributed by atoms with Gasteiger partial charge in [0.1, 0.15) is 17.4 Å². The summed E-state index contributed by atoms with van der Waals surface area (Å²) in [6.45, 7) is 4.37. The maximum absolute atomic E-state index is 15.3. The van der Waals surface area contributed by atoms with E-state index in [0.717, 1.165) is 38.9 Å². The summed E-state index contributed by atoms with van der Waals surface area (Å²) >= 11 is 0. The van der Waals surface area contributed by atoms with Crippen LogP contribution in [0.2, 0.25) is 0 Å². The lowest BCUT2D eigenvalue weighted by atomic mass is 9.88. The van der Waals surface area contributed by atoms with Crippen LogP contribution in [0.25, 0.3) is 22.4 Å². The molecule has 0 fully saturated rings. The second-order valence-corrected chi connectivity index (χ2v) is 10.6. The number of halogens is 1. The predicted octanol–water partition coefficient (Wildman–Crippen LogP) is 5.32. The number of hydrogen-bond acceptors (Lipinski definition) is 6. The van der Waals surface area contributed by atoms with E-state index in [4.69, 9.17) is 9.84 Å². The molecule has 1 aliphatic heterocycles. The predicted molar refractivity (Wildman–Crippen MR) is 149 cm³/mol. The first-order valence-corrected chi connectivity index (χ1v) is 13.3. The van der Waals surface area contributed by atoms with Gasteiger partial charge in [0.15, 0.2) is 0 Å². The number of carbonyl (C=O) groups is 1. The Balaban J connectivity index is 1.31. The summed E-state index contributed by atoms with van der Waals surface area (Å²) in [7, 11) is 1.67. The van der Waals surface area contributed by atoms with Crippen molar-refractivity contribution in [1.29, 1.82) is 0 Å². The number of nitrogens with one attached hydrogen (secondary N) is 1. The fraction of sp³-hybridized carbons (Fsp3) is 0.290. The molecule has 204 valence electrons. The van der Waals surface area contributed by atoms with E-state index in [2.05, 4.69) is 15.3 Å². The average molecular weight is 541 g/mol. The third kappa shape index (κ3) is 4.51. The number of aryl methyl sites for hydroxylation is 3. The molecule has 2 aliphatic rings. The van der Waals surface area contributed by atoms with Crippen molar-refractivity contribution in [3.63, 3.8) is 0 Å². The van der Waals surface area contributed by atoms with Gasteiger partial charge in [-0.25, -0.2) is 14.2 Å². The number of ether oxygens (including phenoxy) is 1. The number of benzene rings is 2. The number of aliphatic carboxylic acids is 1. The molecule has 9 heteroatoms. The van der Waals surface area contributed by atoms with Crippen LogP contribution in [0.3, 0.4) is 0 Å². The van der Waals surface area contributed by atoms with Crippen LogP contribution in [0, 0.1) is 19.7 Å². The zero-order chi connectivity index (χ0) is 28.1. The molecule has 2 N–H and O–H groups in total. The minimum absolute atomic E-state index is 0.00840. The number of rotatable bonds is 6. The third-order valence-electron chi connectivity index (χ3n) is 7.93. The van der Waals surface area contributed by atoms with Gasteiger partial charge in [-0.1, -0.05) is 6.07 Å². The molecule has 4 aromatic rings. The number of anilines is 1. The fourth-order valence-electron chi connectivity index (χ4n) is 6.05. The van der Waals surface area contributed by atoms with Crippen molar-refractivity contribution in [3.8, 4) is 28.1 Å². The van der Waals surface area contributed by atoms with Crippen molar-refractivity contribution < 1.29 is 19.0 Å². The van der Waals surface area contributed by atoms with Crippen LogP contribution >= 0.6 is 0 Å². The molecule has 40 heavy (non-hydrogen) atoms. The van der Waals surface area contributed by atoms with Gasteiger partial charge in [0.25, 0.3) is 0 Å². The highest BCUT2D eigenvalue weighted by atomic mass is 19.1. The number of hydrogen-bond donors (Lipinski definition) is 2. The lowest BCUT2D eigenvalue weighted by Gasteiger charge is -2.19. The number of aromatic nitrogens is 3. The Labute approximate surface area is 230 Å². The van der Waals surface area contributed by atoms with Gasteiger partial charge < -0.3 is 19.7 Å². The van der Waals surface area contributed by atoms with Gasteiger partial charge in [0, 0.05) is 48.1 Å². The molecule has 8 nitrogen and oxygen atoms in total. The Morgan fingerprint density at radius 2 is 1.98 bits per heavy atom. The second kappa shape index (κ2) is 9.89. The number of pyridine rings is 1. The van der Waals surface area contributed by atoms with E-state index in [-0.39, 0.29) is 29.9 Å². The number of nitrogens with zero attached hydrogens (tertiary/aromatic N) is 3. The summed E-state index contributed by atoms with van der Waals surface area (Å²) < 4.78 is 22.5. The minimum Gasteiger partial charge on any atom is -0.492 e. The quantitative estimate of drug-likeness (QED) is 0.341. The van der Waals surface area contributed by atoms with Crippen LogP contribution in [0.1, 0.15) is 52.6 Å². The summed E-state index contributed by atoms with van der Waals surface area (Å²) in [4.78, 5) is 31.9. The first-order chi connectivity index (χ1) is 19.2. The first-order valence-electron chi connectivity index (χ1n) is 13.3. The third-order valence-corrected chi connectivity index (χ3v) is 7.93. The summed E-state index contributed by atoms with van der Waals surface area (Å²) in [5, 5.41) is 12.5. The molecule has 2 aromatic heterocycles. The molecule has 0 bridgehead atoms. The summed E-state index contributed by atoms with van der Waals surface area (Å²) in [5.74, 6) is -0.171. The van der Waals surface area contributed by atoms with Gasteiger partial charge in [0.05, 0.1) is 24.8 Å². The Morgan fingerprint density at radius 3 is 2.70 bits per heavy atom. The number of carboxylic acid groups (broad SMARTS) is 1. The Morgan fingerprint density at radius 1 is 1.20 bits per heavy atom. The fourth-order valence-corrected chi connectivity index (χ4v) is 6.05. The summed E-state index contributed by atoms with van der Waals surface area (Å²) in [5.41, 5.74) is 7.68. The first kappa shape index (κ1) is 25.7. The largest absolute Gasteiger partial charge is 0.492 e. The Hall–Kier alpha value is -4.53. The van der Waals surface area contributed by atoms with Crippen molar-refractivity contribution >= 4 is 11.8 Å². The lowest BCUT2D eigenvalue weighted by Crippen LogP contribution is -2.19. The van der Waals surface area contributed by atoms with Crippen LogP contribution in [-0.2, 0) is 18.3 Å². The van der Waals surface area contributed by atoms with E-state index >= 15 is 4.39 Å². The molecule has 0 radical (unpaired) electrons. The maximum Gasteiger partial charge on any atom is 0.347 e. The van der Waals surface area contributed by atoms with Gasteiger partial charge in [-0.3, -0.25) is 4.79 Å². The van der Waals surface area contributed by atoms with Crippen LogP contribution in [0.5, 0.6) is 5.75 Å². The number of carboxylic acids is 1. The molecule has 6 rings (SSSR count). The second-order valence-electron chi connectivity index (χ2n) is 10.6. The normalized spacial score (nSPS) is 17.3. The molecule has 2 aromatic carbocycles. The van der Waals surface area contributed by atoms with E-state index in [1.54, 1.807) is 25.5 Å². The van der Waals surface area contributed by atoms with Crippen LogP contribution in [-0.4, -0.2) is 32.2 Å². The molecule has 0 saturated heterocycles. The van der Waals surface area contributed by atoms with E-state index in [0.29, 0.717) is 42.3 Å². The van der Waals surface area contributed by atoms with Gasteiger partial charge in [-0.15, -0.1) is 0 Å². The van der Waals surface area contributed by atoms with Crippen LogP contribution in [0.15, 0.2) is 53.6 Å². The van der Waals surface area contributed by atoms with Crippen molar-refractivity contribution in [2.45, 2.75) is 45.1 Å². The summed E-state index contributed by atoms with van der Waals surface area (Å²) in [6, 6.07) is 10.8. The van der Waals surface area contributed by atoms with Crippen molar-refractivity contribution in [2.75, 3.05) is 11.9 Å². The van der Waals surface area contributed by atoms with E-state index < -0.39 is 5.97 Å². The molecule has 1 aliphatic carbocycles. The molecular weight excluding hydrogens is 511 g/mol. The average Bonchev–Trinajstić information content (AvgIpc) is 3.51. The standard InChI is InChI=1S/C31H29FN4O4/c1-16-10-18(24-8-9-36(3)31(39)35-24)11-17(2)29(16)20-4-6-23(32)30-21(20)5-7-25(30)34-27-13-26-22(14-33-27)19(15-40-26)12-28(37)38/h4,6,8-11,13-14,19,25H,5,7,12,15H2,1-3H3,(H,33,34)(H,37,38)/t19-,25-/m1/s1. The molecule has 2 atom stereocenters. The molecule has 3 heterocycles. The van der Waals surface area contributed by atoms with Crippen LogP contribution < -0.4 is 15.7 Å². The van der Waals surface area contributed by atoms with Gasteiger partial charge >= 0.3 is 11.7 Å². The lowest BCUT2D eigenvalue weighted by molar-refractivity contribution is -0.137. The highest BCUT2D eigenvalue weighted by Gasteiger charge is 2.31. The summed E-state index contributed by atoms with van der Waals surface area (Å²) in [6.07, 6.45) is 4.77. The SMILES string of the molecule is Cc1cc(-c2ccn(C)c(=O)n2)cc(C)c1-c1ccc(F)c2c1CC[C@H]2Nc1cc2c(cn1)[C@H](CC(=O)O)CO2. The zero-order valence-corrected chi connectivity index (χ0v) is 22.5. The van der Waals surface area contributed by atoms with E-state index in [1.807, 2.05) is 38.1 Å². The topological polar surface area (TPSA) is 106 Å². The zero-order valence-electron chi connectivity index (χ0n) is 22.5. The minimum atomic E-state index is -0.875. The molecule has 0 saturated carbocycles. The van der Waals surface area contributed by atoms with Crippen molar-refractivity contribution in [2.24, 2.45) is 7.05 Å². The maximum atomic E-state index is 15.3. The Kier molecular flexibility index (Phi) is 6.37. The van der Waals surface area contributed by atoms with Crippen molar-refractivity contribution in [3.05, 3.63) is 92.9 Å². The van der Waals surface area contributed by atoms with E-state index in [1.165, 1.54) is 10.6 Å². The molecular formula is C31H29FN4O4. The van der Waals surface area contributed by atoms with Gasteiger partial charge in [-0.2, -0.15) is 4.98 Å². The van der Waals surface area contributed by atoms with E-state index in [9.17, 15) is 9.59 Å². The van der Waals surface area contributed by atoms with Crippen molar-refractivity contribution in [1.82, 2.24) is 14.5 Å². The smallest absolute Gasteiger partial charge is 0.347 e.